The van der Waals surface area contributed by atoms with E-state index in [-0.39, 0.29) is 11.9 Å². The topological polar surface area (TPSA) is 58.8 Å². The van der Waals surface area contributed by atoms with Gasteiger partial charge in [0, 0.05) is 52.3 Å². The Bertz CT molecular complexity index is 291. The molecule has 1 heterocycles. The molecule has 5 nitrogen and oxygen atoms in total. The van der Waals surface area contributed by atoms with Crippen molar-refractivity contribution in [2.45, 2.75) is 45.6 Å². The number of carbonyl (C=O) groups excluding carboxylic acids is 1. The van der Waals surface area contributed by atoms with E-state index in [9.17, 15) is 4.79 Å². The summed E-state index contributed by atoms with van der Waals surface area (Å²) in [5.41, 5.74) is 5.95. The molecule has 0 aromatic heterocycles. The van der Waals surface area contributed by atoms with E-state index in [0.717, 1.165) is 39.0 Å². The van der Waals surface area contributed by atoms with Crippen LogP contribution in [-0.2, 0) is 9.53 Å². The highest BCUT2D eigenvalue weighted by Gasteiger charge is 2.24. The molecule has 0 spiro atoms. The summed E-state index contributed by atoms with van der Waals surface area (Å²) >= 11 is 0. The molecule has 1 amide bonds. The van der Waals surface area contributed by atoms with Gasteiger partial charge in [-0.15, -0.1) is 0 Å². The number of amides is 1. The maximum atomic E-state index is 12.4. The molecular weight excluding hydrogens is 266 g/mol. The third-order valence-corrected chi connectivity index (χ3v) is 4.09. The van der Waals surface area contributed by atoms with Gasteiger partial charge in [0.15, 0.2) is 0 Å². The highest BCUT2D eigenvalue weighted by molar-refractivity contribution is 5.76. The number of hydrogen-bond acceptors (Lipinski definition) is 4. The molecule has 0 radical (unpaired) electrons. The zero-order chi connectivity index (χ0) is 15.7. The minimum Gasteiger partial charge on any atom is -0.383 e. The maximum Gasteiger partial charge on any atom is 0.224 e. The van der Waals surface area contributed by atoms with Gasteiger partial charge in [-0.05, 0) is 25.2 Å². The SMILES string of the molecule is COCCN(CC(C)C)C(CN)CC(=O)N1CCCCC1. The number of ether oxygens (including phenoxy) is 1. The molecular formula is C16H33N3O2. The number of hydrogen-bond donors (Lipinski definition) is 1. The van der Waals surface area contributed by atoms with E-state index in [0.29, 0.717) is 25.5 Å². The van der Waals surface area contributed by atoms with Gasteiger partial charge in [0.2, 0.25) is 5.91 Å². The van der Waals surface area contributed by atoms with E-state index in [1.807, 2.05) is 4.90 Å². The minimum absolute atomic E-state index is 0.122. The van der Waals surface area contributed by atoms with E-state index in [2.05, 4.69) is 18.7 Å². The predicted molar refractivity (Wildman–Crippen MR) is 86.2 cm³/mol. The standard InChI is InChI=1S/C16H33N3O2/c1-14(2)13-19(9-10-21-3)15(12-17)11-16(20)18-7-5-4-6-8-18/h14-15H,4-13,17H2,1-3H3. The first-order chi connectivity index (χ1) is 10.1. The first kappa shape index (κ1) is 18.4. The van der Waals surface area contributed by atoms with Crippen molar-refractivity contribution in [3.63, 3.8) is 0 Å². The molecule has 1 fully saturated rings. The monoisotopic (exact) mass is 299 g/mol. The zero-order valence-corrected chi connectivity index (χ0v) is 14.0. The van der Waals surface area contributed by atoms with Crippen molar-refractivity contribution in [2.75, 3.05) is 46.4 Å². The van der Waals surface area contributed by atoms with Crippen LogP contribution in [0.2, 0.25) is 0 Å². The minimum atomic E-state index is 0.122. The normalized spacial score (nSPS) is 17.5. The second kappa shape index (κ2) is 10.1. The molecule has 0 aromatic carbocycles. The maximum absolute atomic E-state index is 12.4. The summed E-state index contributed by atoms with van der Waals surface area (Å²) in [6.07, 6.45) is 4.06. The largest absolute Gasteiger partial charge is 0.383 e. The lowest BCUT2D eigenvalue weighted by atomic mass is 10.1. The van der Waals surface area contributed by atoms with E-state index >= 15 is 0 Å². The Morgan fingerprint density at radius 3 is 2.48 bits per heavy atom. The Balaban J connectivity index is 2.56. The molecule has 1 aliphatic heterocycles. The molecule has 21 heavy (non-hydrogen) atoms. The van der Waals surface area contributed by atoms with Crippen molar-refractivity contribution in [1.29, 1.82) is 0 Å². The summed E-state index contributed by atoms with van der Waals surface area (Å²) in [7, 11) is 1.71. The Hall–Kier alpha value is -0.650. The summed E-state index contributed by atoms with van der Waals surface area (Å²) < 4.78 is 5.19. The fourth-order valence-electron chi connectivity index (χ4n) is 2.94. The van der Waals surface area contributed by atoms with Crippen molar-refractivity contribution >= 4 is 5.91 Å². The average Bonchev–Trinajstić information content (AvgIpc) is 2.49. The Kier molecular flexibility index (Phi) is 8.88. The van der Waals surface area contributed by atoms with Gasteiger partial charge in [0.25, 0.3) is 0 Å². The third kappa shape index (κ3) is 6.76. The smallest absolute Gasteiger partial charge is 0.224 e. The zero-order valence-electron chi connectivity index (χ0n) is 14.0. The summed E-state index contributed by atoms with van der Waals surface area (Å²) in [6.45, 7) is 9.22. The van der Waals surface area contributed by atoms with Gasteiger partial charge in [-0.1, -0.05) is 13.8 Å². The van der Waals surface area contributed by atoms with Crippen LogP contribution in [0, 0.1) is 5.92 Å². The molecule has 2 N–H and O–H groups in total. The lowest BCUT2D eigenvalue weighted by molar-refractivity contribution is -0.133. The predicted octanol–water partition coefficient (Wildman–Crippen LogP) is 1.32. The Morgan fingerprint density at radius 1 is 1.29 bits per heavy atom. The van der Waals surface area contributed by atoms with Crippen molar-refractivity contribution in [1.82, 2.24) is 9.80 Å². The molecule has 124 valence electrons. The third-order valence-electron chi connectivity index (χ3n) is 4.09. The number of rotatable bonds is 9. The van der Waals surface area contributed by atoms with E-state index in [1.165, 1.54) is 6.42 Å². The highest BCUT2D eigenvalue weighted by atomic mass is 16.5. The fourth-order valence-corrected chi connectivity index (χ4v) is 2.94. The van der Waals surface area contributed by atoms with E-state index in [1.54, 1.807) is 7.11 Å². The van der Waals surface area contributed by atoms with Crippen LogP contribution in [0.5, 0.6) is 0 Å². The van der Waals surface area contributed by atoms with E-state index in [4.69, 9.17) is 10.5 Å². The van der Waals surface area contributed by atoms with Crippen molar-refractivity contribution in [3.05, 3.63) is 0 Å². The molecule has 1 rings (SSSR count). The van der Waals surface area contributed by atoms with Crippen LogP contribution in [-0.4, -0.2) is 68.2 Å². The highest BCUT2D eigenvalue weighted by Crippen LogP contribution is 2.13. The molecule has 1 aliphatic rings. The van der Waals surface area contributed by atoms with Gasteiger partial charge in [-0.3, -0.25) is 9.69 Å². The fraction of sp³-hybridized carbons (Fsp3) is 0.938. The van der Waals surface area contributed by atoms with Crippen LogP contribution in [0.1, 0.15) is 39.5 Å². The number of carbonyl (C=O) groups is 1. The van der Waals surface area contributed by atoms with Crippen LogP contribution < -0.4 is 5.73 Å². The quantitative estimate of drug-likeness (QED) is 0.697. The summed E-state index contributed by atoms with van der Waals surface area (Å²) in [6, 6.07) is 0.122. The van der Waals surface area contributed by atoms with Gasteiger partial charge >= 0.3 is 0 Å². The Labute approximate surface area is 129 Å². The number of piperidine rings is 1. The lowest BCUT2D eigenvalue weighted by Gasteiger charge is -2.34. The van der Waals surface area contributed by atoms with Gasteiger partial charge in [-0.2, -0.15) is 0 Å². The molecule has 0 aromatic rings. The van der Waals surface area contributed by atoms with Gasteiger partial charge < -0.3 is 15.4 Å². The van der Waals surface area contributed by atoms with Crippen molar-refractivity contribution in [3.8, 4) is 0 Å². The second-order valence-corrected chi connectivity index (χ2v) is 6.42. The Morgan fingerprint density at radius 2 is 1.95 bits per heavy atom. The molecule has 0 saturated carbocycles. The van der Waals surface area contributed by atoms with Crippen LogP contribution >= 0.6 is 0 Å². The van der Waals surface area contributed by atoms with Gasteiger partial charge in [0.1, 0.15) is 0 Å². The number of nitrogens with zero attached hydrogens (tertiary/aromatic N) is 2. The number of likely N-dealkylation sites (tertiary alicyclic amines) is 1. The van der Waals surface area contributed by atoms with Crippen LogP contribution in [0.4, 0.5) is 0 Å². The molecule has 1 saturated heterocycles. The summed E-state index contributed by atoms with van der Waals surface area (Å²) in [4.78, 5) is 16.8. The van der Waals surface area contributed by atoms with Crippen molar-refractivity contribution < 1.29 is 9.53 Å². The number of methoxy groups -OCH3 is 1. The van der Waals surface area contributed by atoms with Crippen LogP contribution in [0.3, 0.4) is 0 Å². The average molecular weight is 299 g/mol. The van der Waals surface area contributed by atoms with E-state index < -0.39 is 0 Å². The van der Waals surface area contributed by atoms with Crippen LogP contribution in [0.15, 0.2) is 0 Å². The van der Waals surface area contributed by atoms with Gasteiger partial charge in [0.05, 0.1) is 6.61 Å². The molecule has 5 heteroatoms. The molecule has 1 atom stereocenters. The van der Waals surface area contributed by atoms with Crippen molar-refractivity contribution in [2.24, 2.45) is 11.7 Å². The molecule has 0 bridgehead atoms. The first-order valence-corrected chi connectivity index (χ1v) is 8.29. The lowest BCUT2D eigenvalue weighted by Crippen LogP contribution is -2.48. The molecule has 0 aliphatic carbocycles. The second-order valence-electron chi connectivity index (χ2n) is 6.42. The first-order valence-electron chi connectivity index (χ1n) is 8.29. The number of nitrogens with two attached hydrogens (primary N) is 1. The summed E-state index contributed by atoms with van der Waals surface area (Å²) in [5.74, 6) is 0.817. The summed E-state index contributed by atoms with van der Waals surface area (Å²) in [5, 5.41) is 0. The van der Waals surface area contributed by atoms with Gasteiger partial charge in [-0.25, -0.2) is 0 Å². The van der Waals surface area contributed by atoms with Crippen LogP contribution in [0.25, 0.3) is 0 Å². The molecule has 1 unspecified atom stereocenters.